The zero-order valence-corrected chi connectivity index (χ0v) is 14.8. The molecular formula is C14H12BrN7S. The van der Waals surface area contributed by atoms with Crippen molar-refractivity contribution in [2.45, 2.75) is 19.9 Å². The van der Waals surface area contributed by atoms with Crippen molar-refractivity contribution < 1.29 is 0 Å². The molecule has 0 aliphatic carbocycles. The van der Waals surface area contributed by atoms with Gasteiger partial charge in [0.1, 0.15) is 16.7 Å². The van der Waals surface area contributed by atoms with Gasteiger partial charge >= 0.3 is 0 Å². The molecule has 0 amide bonds. The van der Waals surface area contributed by atoms with Crippen LogP contribution in [0.1, 0.15) is 23.7 Å². The number of pyridine rings is 1. The minimum Gasteiger partial charge on any atom is -0.262 e. The van der Waals surface area contributed by atoms with Gasteiger partial charge in [0.15, 0.2) is 0 Å². The smallest absolute Gasteiger partial charge is 0.235 e. The van der Waals surface area contributed by atoms with Crippen LogP contribution in [0.5, 0.6) is 0 Å². The van der Waals surface area contributed by atoms with Gasteiger partial charge in [0.2, 0.25) is 10.8 Å². The lowest BCUT2D eigenvalue weighted by Crippen LogP contribution is -2.08. The fourth-order valence-electron chi connectivity index (χ4n) is 2.23. The lowest BCUT2D eigenvalue weighted by atomic mass is 10.3. The third kappa shape index (κ3) is 2.45. The highest BCUT2D eigenvalue weighted by atomic mass is 79.9. The van der Waals surface area contributed by atoms with Gasteiger partial charge in [-0.25, -0.2) is 0 Å². The van der Waals surface area contributed by atoms with Crippen molar-refractivity contribution in [3.05, 3.63) is 45.8 Å². The van der Waals surface area contributed by atoms with Crippen LogP contribution in [0.2, 0.25) is 0 Å². The van der Waals surface area contributed by atoms with Crippen molar-refractivity contribution >= 4 is 32.2 Å². The molecule has 23 heavy (non-hydrogen) atoms. The highest BCUT2D eigenvalue weighted by molar-refractivity contribution is 9.10. The summed E-state index contributed by atoms with van der Waals surface area (Å²) in [6.07, 6.45) is 3.69. The lowest BCUT2D eigenvalue weighted by molar-refractivity contribution is 0.551. The van der Waals surface area contributed by atoms with Gasteiger partial charge in [-0.2, -0.15) is 14.7 Å². The molecule has 9 heteroatoms. The molecule has 0 aromatic carbocycles. The third-order valence-corrected chi connectivity index (χ3v) is 5.36. The van der Waals surface area contributed by atoms with Gasteiger partial charge in [0.05, 0.1) is 10.2 Å². The maximum atomic E-state index is 4.66. The fourth-order valence-corrected chi connectivity index (χ4v) is 3.40. The summed E-state index contributed by atoms with van der Waals surface area (Å²) in [7, 11) is 0. The van der Waals surface area contributed by atoms with Crippen LogP contribution < -0.4 is 0 Å². The van der Waals surface area contributed by atoms with Crippen molar-refractivity contribution in [1.82, 2.24) is 34.6 Å². The second-order valence-corrected chi connectivity index (χ2v) is 6.93. The molecule has 0 saturated carbocycles. The Morgan fingerprint density at radius 3 is 2.78 bits per heavy atom. The first-order valence-electron chi connectivity index (χ1n) is 6.98. The van der Waals surface area contributed by atoms with Gasteiger partial charge in [-0.15, -0.1) is 10.2 Å². The summed E-state index contributed by atoms with van der Waals surface area (Å²) >= 11 is 5.00. The van der Waals surface area contributed by atoms with E-state index in [0.29, 0.717) is 5.82 Å². The molecular weight excluding hydrogens is 378 g/mol. The van der Waals surface area contributed by atoms with Gasteiger partial charge in [0, 0.05) is 12.4 Å². The van der Waals surface area contributed by atoms with Crippen LogP contribution in [0.3, 0.4) is 0 Å². The maximum absolute atomic E-state index is 4.66. The third-order valence-electron chi connectivity index (χ3n) is 3.51. The van der Waals surface area contributed by atoms with Crippen LogP contribution in [0, 0.1) is 6.92 Å². The minimum absolute atomic E-state index is 0.0169. The number of aromatic nitrogens is 7. The number of aryl methyl sites for hydroxylation is 1. The molecule has 0 spiro atoms. The summed E-state index contributed by atoms with van der Waals surface area (Å²) in [6.45, 7) is 4.02. The quantitative estimate of drug-likeness (QED) is 0.538. The summed E-state index contributed by atoms with van der Waals surface area (Å²) in [5.74, 6) is 0.646. The molecule has 7 nitrogen and oxygen atoms in total. The molecule has 4 rings (SSSR count). The molecule has 0 radical (unpaired) electrons. The predicted molar refractivity (Wildman–Crippen MR) is 90.4 cm³/mol. The van der Waals surface area contributed by atoms with E-state index in [4.69, 9.17) is 0 Å². The van der Waals surface area contributed by atoms with E-state index in [0.717, 1.165) is 25.8 Å². The molecule has 1 atom stereocenters. The zero-order valence-electron chi connectivity index (χ0n) is 12.4. The average Bonchev–Trinajstić information content (AvgIpc) is 3.22. The average molecular weight is 390 g/mol. The van der Waals surface area contributed by atoms with E-state index in [1.807, 2.05) is 36.0 Å². The molecule has 0 aliphatic rings. The molecule has 4 heterocycles. The SMILES string of the molecule is Cc1nn([C@@H](C)c2nn3c(-c4ccccn4)nnc3s2)cc1Br. The van der Waals surface area contributed by atoms with Crippen molar-refractivity contribution in [3.63, 3.8) is 0 Å². The second kappa shape index (κ2) is 5.50. The number of hydrogen-bond donors (Lipinski definition) is 0. The molecule has 4 aromatic heterocycles. The lowest BCUT2D eigenvalue weighted by Gasteiger charge is -2.07. The van der Waals surface area contributed by atoms with E-state index in [1.54, 1.807) is 10.7 Å². The normalized spacial score (nSPS) is 12.8. The predicted octanol–water partition coefficient (Wildman–Crippen LogP) is 3.12. The molecule has 0 bridgehead atoms. The van der Waals surface area contributed by atoms with E-state index in [9.17, 15) is 0 Å². The number of rotatable bonds is 3. The molecule has 0 unspecified atom stereocenters. The summed E-state index contributed by atoms with van der Waals surface area (Å²) in [6, 6.07) is 5.70. The van der Waals surface area contributed by atoms with Crippen molar-refractivity contribution in [2.24, 2.45) is 0 Å². The molecule has 4 aromatic rings. The Bertz CT molecular complexity index is 952. The largest absolute Gasteiger partial charge is 0.262 e. The Labute approximate surface area is 144 Å². The van der Waals surface area contributed by atoms with E-state index in [1.165, 1.54) is 11.3 Å². The first-order valence-corrected chi connectivity index (χ1v) is 8.59. The Morgan fingerprint density at radius 1 is 1.22 bits per heavy atom. The van der Waals surface area contributed by atoms with E-state index < -0.39 is 0 Å². The Balaban J connectivity index is 1.76. The topological polar surface area (TPSA) is 73.8 Å². The monoisotopic (exact) mass is 389 g/mol. The van der Waals surface area contributed by atoms with Crippen LogP contribution in [-0.4, -0.2) is 34.6 Å². The van der Waals surface area contributed by atoms with Gasteiger partial charge in [-0.3, -0.25) is 9.67 Å². The number of fused-ring (bicyclic) bond motifs is 1. The Morgan fingerprint density at radius 2 is 2.09 bits per heavy atom. The van der Waals surface area contributed by atoms with Crippen LogP contribution in [0.4, 0.5) is 0 Å². The molecule has 0 fully saturated rings. The summed E-state index contributed by atoms with van der Waals surface area (Å²) in [4.78, 5) is 5.06. The van der Waals surface area contributed by atoms with Gasteiger partial charge in [-0.1, -0.05) is 17.4 Å². The van der Waals surface area contributed by atoms with E-state index in [2.05, 4.69) is 48.2 Å². The number of halogens is 1. The number of nitrogens with zero attached hydrogens (tertiary/aromatic N) is 7. The Hall–Kier alpha value is -2.13. The van der Waals surface area contributed by atoms with Crippen LogP contribution in [-0.2, 0) is 0 Å². The minimum atomic E-state index is 0.0169. The van der Waals surface area contributed by atoms with Crippen LogP contribution in [0.25, 0.3) is 16.5 Å². The van der Waals surface area contributed by atoms with Crippen LogP contribution >= 0.6 is 27.3 Å². The van der Waals surface area contributed by atoms with Crippen LogP contribution in [0.15, 0.2) is 35.1 Å². The van der Waals surface area contributed by atoms with Gasteiger partial charge < -0.3 is 0 Å². The molecule has 0 aliphatic heterocycles. The molecule has 0 saturated heterocycles. The zero-order chi connectivity index (χ0) is 16.0. The summed E-state index contributed by atoms with van der Waals surface area (Å²) < 4.78 is 4.62. The fraction of sp³-hybridized carbons (Fsp3) is 0.214. The first kappa shape index (κ1) is 14.5. The number of hydrogen-bond acceptors (Lipinski definition) is 6. The summed E-state index contributed by atoms with van der Waals surface area (Å²) in [5, 5.41) is 18.5. The van der Waals surface area contributed by atoms with Gasteiger partial charge in [0.25, 0.3) is 0 Å². The second-order valence-electron chi connectivity index (χ2n) is 5.09. The summed E-state index contributed by atoms with van der Waals surface area (Å²) in [5.41, 5.74) is 1.70. The molecule has 0 N–H and O–H groups in total. The Kier molecular flexibility index (Phi) is 3.46. The highest BCUT2D eigenvalue weighted by Crippen LogP contribution is 2.27. The van der Waals surface area contributed by atoms with Crippen molar-refractivity contribution in [3.8, 4) is 11.5 Å². The maximum Gasteiger partial charge on any atom is 0.235 e. The first-order chi connectivity index (χ1) is 11.1. The molecule has 116 valence electrons. The van der Waals surface area contributed by atoms with E-state index in [-0.39, 0.29) is 6.04 Å². The van der Waals surface area contributed by atoms with Crippen molar-refractivity contribution in [1.29, 1.82) is 0 Å². The highest BCUT2D eigenvalue weighted by Gasteiger charge is 2.19. The van der Waals surface area contributed by atoms with Crippen molar-refractivity contribution in [2.75, 3.05) is 0 Å². The standard InChI is InChI=1S/C14H12BrN7S/c1-8-10(15)7-21(19-8)9(2)13-20-22-12(17-18-14(22)23-13)11-5-3-4-6-16-11/h3-7,9H,1-2H3/t9-/m0/s1. The van der Waals surface area contributed by atoms with Gasteiger partial charge in [-0.05, 0) is 41.9 Å². The van der Waals surface area contributed by atoms with E-state index >= 15 is 0 Å².